The fourth-order valence-electron chi connectivity index (χ4n) is 6.70. The molecule has 0 radical (unpaired) electrons. The van der Waals surface area contributed by atoms with Crippen LogP contribution in [0.15, 0.2) is 0 Å². The van der Waals surface area contributed by atoms with Crippen LogP contribution in [0.4, 0.5) is 0 Å². The Labute approximate surface area is 315 Å². The summed E-state index contributed by atoms with van der Waals surface area (Å²) in [5.41, 5.74) is -0.772. The second-order valence-corrected chi connectivity index (χ2v) is 16.2. The van der Waals surface area contributed by atoms with Gasteiger partial charge in [0.1, 0.15) is 17.6 Å². The minimum Gasteiger partial charge on any atom is -0.455 e. The summed E-state index contributed by atoms with van der Waals surface area (Å²) >= 11 is 1.25. The standard InChI is InChI=1S/C39H74O10S2/c1-5-7-9-11-13-15-17-19-21-23-25-27-29-31-35(41)48-38-37(36(49-51(42,43)44)33(32-45-3)46-39(38)50-4)47-34(40)30-28-26-24-22-20-18-16-14-12-10-8-6-2/h33,36-39H,5-32H2,1-4H3,(H,42,43,44)/t33-,36-,37+,38-,39?/m1/s1. The lowest BCUT2D eigenvalue weighted by Crippen LogP contribution is -2.61. The Morgan fingerprint density at radius 3 is 1.27 bits per heavy atom. The number of hydrogen-bond donors (Lipinski definition) is 1. The summed E-state index contributed by atoms with van der Waals surface area (Å²) in [6, 6.07) is 0. The zero-order valence-corrected chi connectivity index (χ0v) is 34.3. The van der Waals surface area contributed by atoms with E-state index in [0.29, 0.717) is 12.8 Å². The van der Waals surface area contributed by atoms with Crippen molar-refractivity contribution in [3.63, 3.8) is 0 Å². The van der Waals surface area contributed by atoms with E-state index in [4.69, 9.17) is 23.1 Å². The van der Waals surface area contributed by atoms with Gasteiger partial charge in [-0.15, -0.1) is 11.8 Å². The van der Waals surface area contributed by atoms with Crippen LogP contribution in [0.2, 0.25) is 0 Å². The monoisotopic (exact) mass is 766 g/mol. The second kappa shape index (κ2) is 31.4. The topological polar surface area (TPSA) is 135 Å². The van der Waals surface area contributed by atoms with Crippen molar-refractivity contribution in [1.29, 1.82) is 0 Å². The first-order chi connectivity index (χ1) is 24.7. The van der Waals surface area contributed by atoms with Gasteiger partial charge in [0.2, 0.25) is 0 Å². The Hall–Kier alpha value is -0.920. The van der Waals surface area contributed by atoms with Crippen LogP contribution in [0.1, 0.15) is 187 Å². The van der Waals surface area contributed by atoms with Crippen LogP contribution in [0, 0.1) is 0 Å². The van der Waals surface area contributed by atoms with Crippen molar-refractivity contribution in [3.8, 4) is 0 Å². The first-order valence-corrected chi connectivity index (χ1v) is 23.0. The third kappa shape index (κ3) is 24.9. The molecule has 51 heavy (non-hydrogen) atoms. The fourth-order valence-corrected chi connectivity index (χ4v) is 7.95. The van der Waals surface area contributed by atoms with Crippen LogP contribution in [-0.2, 0) is 43.1 Å². The molecule has 10 nitrogen and oxygen atoms in total. The van der Waals surface area contributed by atoms with E-state index in [0.717, 1.165) is 38.5 Å². The van der Waals surface area contributed by atoms with Crippen LogP contribution in [-0.4, -0.2) is 74.7 Å². The Morgan fingerprint density at radius 2 is 0.941 bits per heavy atom. The van der Waals surface area contributed by atoms with Crippen molar-refractivity contribution in [3.05, 3.63) is 0 Å². The minimum absolute atomic E-state index is 0.0936. The Kier molecular flexibility index (Phi) is 29.6. The molecule has 0 aromatic heterocycles. The van der Waals surface area contributed by atoms with Gasteiger partial charge in [0, 0.05) is 20.0 Å². The number of ether oxygens (including phenoxy) is 4. The number of esters is 2. The number of carbonyl (C=O) groups is 2. The van der Waals surface area contributed by atoms with Gasteiger partial charge in [-0.3, -0.25) is 14.1 Å². The highest BCUT2D eigenvalue weighted by molar-refractivity contribution is 7.99. The summed E-state index contributed by atoms with van der Waals surface area (Å²) in [4.78, 5) is 26.1. The molecule has 1 N–H and O–H groups in total. The van der Waals surface area contributed by atoms with Crippen LogP contribution in [0.5, 0.6) is 0 Å². The number of unbranched alkanes of at least 4 members (excludes halogenated alkanes) is 23. The van der Waals surface area contributed by atoms with Crippen LogP contribution < -0.4 is 0 Å². The first-order valence-electron chi connectivity index (χ1n) is 20.4. The van der Waals surface area contributed by atoms with Gasteiger partial charge in [0.25, 0.3) is 0 Å². The summed E-state index contributed by atoms with van der Waals surface area (Å²) in [5.74, 6) is -1.03. The van der Waals surface area contributed by atoms with E-state index >= 15 is 0 Å². The molecule has 0 aromatic carbocycles. The highest BCUT2D eigenvalue weighted by Crippen LogP contribution is 2.34. The number of thioether (sulfide) groups is 1. The molecule has 12 heteroatoms. The van der Waals surface area contributed by atoms with E-state index in [1.807, 2.05) is 0 Å². The maximum Gasteiger partial charge on any atom is 0.397 e. The van der Waals surface area contributed by atoms with E-state index in [1.54, 1.807) is 6.26 Å². The molecular formula is C39H74O10S2. The van der Waals surface area contributed by atoms with Crippen molar-refractivity contribution in [2.45, 2.75) is 217 Å². The molecule has 1 heterocycles. The smallest absolute Gasteiger partial charge is 0.397 e. The SMILES string of the molecule is CCCCCCCCCCCCCCCC(=O)O[C@H]1C(SC)O[C@H](COC)[C@@H](OS(=O)(=O)O)[C@@H]1OC(=O)CCCCCCCCCCCCCC. The predicted octanol–water partition coefficient (Wildman–Crippen LogP) is 10.3. The average Bonchev–Trinajstić information content (AvgIpc) is 3.09. The lowest BCUT2D eigenvalue weighted by molar-refractivity contribution is -0.226. The van der Waals surface area contributed by atoms with Crippen molar-refractivity contribution in [2.75, 3.05) is 20.0 Å². The molecule has 1 aliphatic rings. The first kappa shape index (κ1) is 48.1. The van der Waals surface area contributed by atoms with Gasteiger partial charge < -0.3 is 18.9 Å². The van der Waals surface area contributed by atoms with Gasteiger partial charge in [0.15, 0.2) is 12.2 Å². The van der Waals surface area contributed by atoms with Crippen molar-refractivity contribution in [1.82, 2.24) is 0 Å². The highest BCUT2D eigenvalue weighted by Gasteiger charge is 2.52. The van der Waals surface area contributed by atoms with Crippen LogP contribution in [0.25, 0.3) is 0 Å². The van der Waals surface area contributed by atoms with Gasteiger partial charge in [-0.25, -0.2) is 4.18 Å². The van der Waals surface area contributed by atoms with E-state index < -0.39 is 52.2 Å². The summed E-state index contributed by atoms with van der Waals surface area (Å²) < 4.78 is 61.3. The Bertz CT molecular complexity index is 964. The Balaban J connectivity index is 2.62. The number of hydrogen-bond acceptors (Lipinski definition) is 10. The zero-order chi connectivity index (χ0) is 37.6. The summed E-state index contributed by atoms with van der Waals surface area (Å²) in [7, 11) is -3.56. The van der Waals surface area contributed by atoms with E-state index in [-0.39, 0.29) is 19.4 Å². The molecule has 1 rings (SSSR count). The molecular weight excluding hydrogens is 693 g/mol. The van der Waals surface area contributed by atoms with Crippen molar-refractivity contribution < 1.29 is 45.7 Å². The van der Waals surface area contributed by atoms with Gasteiger partial charge in [-0.2, -0.15) is 8.42 Å². The molecule has 0 amide bonds. The zero-order valence-electron chi connectivity index (χ0n) is 32.6. The molecule has 0 bridgehead atoms. The molecule has 1 unspecified atom stereocenters. The summed E-state index contributed by atoms with van der Waals surface area (Å²) in [5, 5.41) is 0. The number of carbonyl (C=O) groups excluding carboxylic acids is 2. The molecule has 0 spiro atoms. The normalized spacial score (nSPS) is 20.8. The third-order valence-electron chi connectivity index (χ3n) is 9.64. The highest BCUT2D eigenvalue weighted by atomic mass is 32.3. The van der Waals surface area contributed by atoms with E-state index in [9.17, 15) is 22.6 Å². The molecule has 5 atom stereocenters. The maximum atomic E-state index is 13.1. The van der Waals surface area contributed by atoms with Crippen LogP contribution >= 0.6 is 11.8 Å². The molecule has 0 aromatic rings. The maximum absolute atomic E-state index is 13.1. The van der Waals surface area contributed by atoms with Crippen LogP contribution in [0.3, 0.4) is 0 Å². The number of rotatable bonds is 34. The summed E-state index contributed by atoms with van der Waals surface area (Å²) in [6.45, 7) is 4.38. The van der Waals surface area contributed by atoms with Gasteiger partial charge in [0.05, 0.1) is 6.61 Å². The Morgan fingerprint density at radius 1 is 0.588 bits per heavy atom. The van der Waals surface area contributed by atoms with Crippen molar-refractivity contribution >= 4 is 34.1 Å². The molecule has 1 aliphatic heterocycles. The third-order valence-corrected chi connectivity index (χ3v) is 11.0. The molecule has 0 aliphatic carbocycles. The quantitative estimate of drug-likeness (QED) is 0.0381. The van der Waals surface area contributed by atoms with Gasteiger partial charge in [-0.1, -0.05) is 162 Å². The average molecular weight is 767 g/mol. The largest absolute Gasteiger partial charge is 0.455 e. The second-order valence-electron chi connectivity index (χ2n) is 14.3. The summed E-state index contributed by atoms with van der Waals surface area (Å²) in [6.07, 6.45) is 26.5. The molecule has 302 valence electrons. The lowest BCUT2D eigenvalue weighted by atomic mass is 9.99. The lowest BCUT2D eigenvalue weighted by Gasteiger charge is -2.43. The molecule has 1 fully saturated rings. The van der Waals surface area contributed by atoms with E-state index in [2.05, 4.69) is 13.8 Å². The number of methoxy groups -OCH3 is 1. The van der Waals surface area contributed by atoms with Gasteiger partial charge in [-0.05, 0) is 19.1 Å². The minimum atomic E-state index is -4.97. The van der Waals surface area contributed by atoms with Crippen molar-refractivity contribution in [2.24, 2.45) is 0 Å². The fraction of sp³-hybridized carbons (Fsp3) is 0.949. The molecule has 1 saturated heterocycles. The van der Waals surface area contributed by atoms with E-state index in [1.165, 1.54) is 128 Å². The molecule has 0 saturated carbocycles. The predicted molar refractivity (Wildman–Crippen MR) is 206 cm³/mol. The van der Waals surface area contributed by atoms with Gasteiger partial charge >= 0.3 is 22.3 Å².